The van der Waals surface area contributed by atoms with E-state index >= 15 is 0 Å². The van der Waals surface area contributed by atoms with Crippen molar-refractivity contribution in [2.75, 3.05) is 0 Å². The van der Waals surface area contributed by atoms with Crippen LogP contribution >= 0.6 is 0 Å². The molecular formula is C3H3F2Sn. The zero-order valence-corrected chi connectivity index (χ0v) is 5.89. The summed E-state index contributed by atoms with van der Waals surface area (Å²) >= 11 is -3.91. The van der Waals surface area contributed by atoms with Crippen LogP contribution in [0.5, 0.6) is 0 Å². The van der Waals surface area contributed by atoms with Crippen LogP contribution in [0.15, 0.2) is 16.4 Å². The molecule has 0 aromatic heterocycles. The molecule has 0 saturated heterocycles. The molecule has 0 aromatic rings. The SMILES string of the molecule is C=C=[CH][Sn]([F])[F]. The van der Waals surface area contributed by atoms with Crippen LogP contribution in [-0.4, -0.2) is 20.9 Å². The van der Waals surface area contributed by atoms with Gasteiger partial charge in [-0.1, -0.05) is 0 Å². The molecule has 0 atom stereocenters. The van der Waals surface area contributed by atoms with Gasteiger partial charge < -0.3 is 0 Å². The summed E-state index contributed by atoms with van der Waals surface area (Å²) in [7, 11) is 0. The minimum atomic E-state index is -3.91. The second-order valence-electron chi connectivity index (χ2n) is 0.638. The van der Waals surface area contributed by atoms with Crippen LogP contribution in [0.25, 0.3) is 0 Å². The van der Waals surface area contributed by atoms with E-state index in [-0.39, 0.29) is 0 Å². The third kappa shape index (κ3) is 4.18. The monoisotopic (exact) mass is 197 g/mol. The summed E-state index contributed by atoms with van der Waals surface area (Å²) in [5.41, 5.74) is 2.03. The topological polar surface area (TPSA) is 0 Å². The molecule has 0 fully saturated rings. The van der Waals surface area contributed by atoms with Gasteiger partial charge in [-0.15, -0.1) is 0 Å². The molecule has 0 aromatic carbocycles. The van der Waals surface area contributed by atoms with Crippen molar-refractivity contribution in [1.29, 1.82) is 0 Å². The molecule has 6 heavy (non-hydrogen) atoms. The normalized spacial score (nSPS) is 7.83. The molecule has 0 bridgehead atoms. The molecule has 0 amide bonds. The van der Waals surface area contributed by atoms with Crippen LogP contribution in [0, 0.1) is 0 Å². The quantitative estimate of drug-likeness (QED) is 0.437. The Morgan fingerprint density at radius 1 is 1.67 bits per heavy atom. The van der Waals surface area contributed by atoms with E-state index in [1.54, 1.807) is 0 Å². The molecule has 0 heterocycles. The third-order valence-electron chi connectivity index (χ3n) is 0.211. The van der Waals surface area contributed by atoms with E-state index in [0.29, 0.717) is 0 Å². The molecule has 0 spiro atoms. The molecule has 1 radical (unpaired) electrons. The fourth-order valence-electron chi connectivity index (χ4n) is 0.0772. The third-order valence-corrected chi connectivity index (χ3v) is 1.42. The van der Waals surface area contributed by atoms with E-state index in [2.05, 4.69) is 6.58 Å². The molecule has 0 rings (SSSR count). The Morgan fingerprint density at radius 2 is 2.17 bits per heavy atom. The predicted molar refractivity (Wildman–Crippen MR) is 21.7 cm³/mol. The maximum atomic E-state index is 11.1. The number of halogens is 2. The molecule has 33 valence electrons. The molecule has 0 aliphatic carbocycles. The standard InChI is InChI=1S/C3H3.2FH.Sn/c1-3-2;;;/h1H,2H2;2*1H;/q;;;+2/p-2. The zero-order valence-electron chi connectivity index (χ0n) is 3.04. The average Bonchev–Trinajstić information content (AvgIpc) is 1.35. The van der Waals surface area contributed by atoms with Crippen molar-refractivity contribution in [1.82, 2.24) is 0 Å². The van der Waals surface area contributed by atoms with Gasteiger partial charge in [0, 0.05) is 0 Å². The van der Waals surface area contributed by atoms with E-state index in [0.717, 1.165) is 4.09 Å². The van der Waals surface area contributed by atoms with Crippen molar-refractivity contribution in [3.05, 3.63) is 16.4 Å². The van der Waals surface area contributed by atoms with E-state index in [4.69, 9.17) is 0 Å². The van der Waals surface area contributed by atoms with Gasteiger partial charge in [0.1, 0.15) is 0 Å². The molecule has 0 aliphatic heterocycles. The van der Waals surface area contributed by atoms with Gasteiger partial charge in [0.05, 0.1) is 0 Å². The minimum absolute atomic E-state index is 0.794. The van der Waals surface area contributed by atoms with Gasteiger partial charge in [0.25, 0.3) is 0 Å². The number of hydrogen-bond donors (Lipinski definition) is 0. The Hall–Kier alpha value is 0.179. The Balaban J connectivity index is 3.29. The van der Waals surface area contributed by atoms with Crippen LogP contribution in [0.4, 0.5) is 5.73 Å². The summed E-state index contributed by atoms with van der Waals surface area (Å²) in [5.74, 6) is 0. The van der Waals surface area contributed by atoms with Gasteiger partial charge in [0.2, 0.25) is 0 Å². The van der Waals surface area contributed by atoms with Gasteiger partial charge in [-0.2, -0.15) is 0 Å². The fraction of sp³-hybridized carbons (Fsp3) is 0. The predicted octanol–water partition coefficient (Wildman–Crippen LogP) is 1.29. The van der Waals surface area contributed by atoms with Crippen LogP contribution in [0.2, 0.25) is 0 Å². The van der Waals surface area contributed by atoms with Crippen molar-refractivity contribution < 1.29 is 5.73 Å². The molecule has 0 saturated carbocycles. The van der Waals surface area contributed by atoms with Crippen molar-refractivity contribution in [3.63, 3.8) is 0 Å². The molecule has 0 aliphatic rings. The summed E-state index contributed by atoms with van der Waals surface area (Å²) in [4.78, 5) is 0. The number of rotatable bonds is 1. The molecule has 3 heteroatoms. The Kier molecular flexibility index (Phi) is 3.47. The second kappa shape index (κ2) is 3.37. The van der Waals surface area contributed by atoms with Crippen LogP contribution in [0.3, 0.4) is 0 Å². The van der Waals surface area contributed by atoms with E-state index in [9.17, 15) is 5.73 Å². The van der Waals surface area contributed by atoms with Gasteiger partial charge >= 0.3 is 43.0 Å². The van der Waals surface area contributed by atoms with Crippen LogP contribution in [0.1, 0.15) is 0 Å². The van der Waals surface area contributed by atoms with Crippen molar-refractivity contribution in [2.45, 2.75) is 0 Å². The first kappa shape index (κ1) is 6.18. The van der Waals surface area contributed by atoms with Crippen molar-refractivity contribution in [3.8, 4) is 0 Å². The Labute approximate surface area is 43.5 Å². The Bertz CT molecular complexity index is 72.9. The average molecular weight is 196 g/mol. The summed E-state index contributed by atoms with van der Waals surface area (Å²) in [6, 6.07) is 0. The first-order valence-corrected chi connectivity index (χ1v) is 5.11. The summed E-state index contributed by atoms with van der Waals surface area (Å²) in [6.45, 7) is 2.99. The van der Waals surface area contributed by atoms with Gasteiger partial charge in [-0.25, -0.2) is 0 Å². The van der Waals surface area contributed by atoms with Gasteiger partial charge in [-0.05, 0) is 0 Å². The van der Waals surface area contributed by atoms with Crippen LogP contribution in [-0.2, 0) is 0 Å². The summed E-state index contributed by atoms with van der Waals surface area (Å²) in [5, 5.41) is 0. The fourth-order valence-corrected chi connectivity index (χ4v) is 0.518. The second-order valence-corrected chi connectivity index (χ2v) is 3.12. The molecule has 0 nitrogen and oxygen atoms in total. The zero-order chi connectivity index (χ0) is 4.99. The first-order chi connectivity index (χ1) is 2.77. The van der Waals surface area contributed by atoms with Crippen LogP contribution < -0.4 is 0 Å². The molecule has 0 N–H and O–H groups in total. The van der Waals surface area contributed by atoms with Crippen molar-refractivity contribution >= 4 is 20.9 Å². The molecule has 0 unspecified atom stereocenters. The Morgan fingerprint density at radius 3 is 2.17 bits per heavy atom. The summed E-state index contributed by atoms with van der Waals surface area (Å²) in [6.07, 6.45) is 0. The van der Waals surface area contributed by atoms with Gasteiger partial charge in [-0.3, -0.25) is 0 Å². The van der Waals surface area contributed by atoms with Gasteiger partial charge in [0.15, 0.2) is 0 Å². The van der Waals surface area contributed by atoms with Crippen molar-refractivity contribution in [2.24, 2.45) is 0 Å². The van der Waals surface area contributed by atoms with E-state index in [1.165, 1.54) is 0 Å². The first-order valence-electron chi connectivity index (χ1n) is 1.31. The maximum absolute atomic E-state index is 11.1. The summed E-state index contributed by atoms with van der Waals surface area (Å²) < 4.78 is 22.9. The van der Waals surface area contributed by atoms with E-state index < -0.39 is 20.9 Å². The number of hydrogen-bond acceptors (Lipinski definition) is 0. The molecular weight excluding hydrogens is 193 g/mol. The van der Waals surface area contributed by atoms with E-state index in [1.807, 2.05) is 5.73 Å².